The molecule has 1 unspecified atom stereocenters. The quantitative estimate of drug-likeness (QED) is 0.499. The van der Waals surface area contributed by atoms with E-state index < -0.39 is 5.54 Å². The third-order valence-electron chi connectivity index (χ3n) is 3.08. The molecule has 0 amide bonds. The maximum absolute atomic E-state index is 9.23. The van der Waals surface area contributed by atoms with Gasteiger partial charge < -0.3 is 14.2 Å². The number of hydrogen-bond donors (Lipinski definition) is 1. The van der Waals surface area contributed by atoms with Crippen LogP contribution in [0.2, 0.25) is 0 Å². The normalized spacial score (nSPS) is 14.1. The smallest absolute Gasteiger partial charge is 0.104 e. The maximum atomic E-state index is 9.23. The van der Waals surface area contributed by atoms with E-state index in [0.717, 1.165) is 45.5 Å². The van der Waals surface area contributed by atoms with E-state index in [2.05, 4.69) is 25.2 Å². The Bertz CT molecular complexity index is 279. The molecular weight excluding hydrogens is 268 g/mol. The fourth-order valence-electron chi connectivity index (χ4n) is 2.11. The Morgan fingerprint density at radius 3 is 2.14 bits per heavy atom. The predicted octanol–water partition coefficient (Wildman–Crippen LogP) is 2.51. The van der Waals surface area contributed by atoms with E-state index >= 15 is 0 Å². The molecule has 0 aromatic rings. The van der Waals surface area contributed by atoms with Gasteiger partial charge in [0.15, 0.2) is 0 Å². The van der Waals surface area contributed by atoms with Crippen LogP contribution in [-0.4, -0.2) is 51.7 Å². The van der Waals surface area contributed by atoms with Crippen molar-refractivity contribution in [3.8, 4) is 6.07 Å². The van der Waals surface area contributed by atoms with E-state index in [-0.39, 0.29) is 0 Å². The summed E-state index contributed by atoms with van der Waals surface area (Å²) in [5, 5.41) is 12.5. The molecule has 0 aromatic carbocycles. The third-order valence-corrected chi connectivity index (χ3v) is 3.08. The second-order valence-corrected chi connectivity index (χ2v) is 5.77. The van der Waals surface area contributed by atoms with Crippen LogP contribution in [-0.2, 0) is 14.2 Å². The number of rotatable bonds is 14. The van der Waals surface area contributed by atoms with Gasteiger partial charge in [-0.25, -0.2) is 0 Å². The van der Waals surface area contributed by atoms with Crippen LogP contribution < -0.4 is 5.32 Å². The van der Waals surface area contributed by atoms with Crippen LogP contribution in [0.4, 0.5) is 0 Å². The lowest BCUT2D eigenvalue weighted by Crippen LogP contribution is -2.44. The minimum absolute atomic E-state index is 0.321. The van der Waals surface area contributed by atoms with Gasteiger partial charge in [0, 0.05) is 33.0 Å². The minimum Gasteiger partial charge on any atom is -0.385 e. The van der Waals surface area contributed by atoms with Crippen molar-refractivity contribution in [1.29, 1.82) is 5.26 Å². The van der Waals surface area contributed by atoms with E-state index in [1.165, 1.54) is 0 Å². The Hall–Kier alpha value is -0.670. The largest absolute Gasteiger partial charge is 0.385 e. The molecular formula is C16H32N2O3. The molecule has 0 bridgehead atoms. The topological polar surface area (TPSA) is 63.5 Å². The van der Waals surface area contributed by atoms with Gasteiger partial charge in [-0.1, -0.05) is 0 Å². The number of nitrogens with zero attached hydrogens (tertiary/aromatic N) is 1. The highest BCUT2D eigenvalue weighted by Gasteiger charge is 2.23. The van der Waals surface area contributed by atoms with Gasteiger partial charge in [-0.15, -0.1) is 0 Å². The molecule has 21 heavy (non-hydrogen) atoms. The van der Waals surface area contributed by atoms with Crippen LogP contribution in [0.1, 0.15) is 46.5 Å². The summed E-state index contributed by atoms with van der Waals surface area (Å²) >= 11 is 0. The Kier molecular flexibility index (Phi) is 12.6. The molecule has 0 fully saturated rings. The van der Waals surface area contributed by atoms with Crippen LogP contribution in [0.5, 0.6) is 0 Å². The van der Waals surface area contributed by atoms with Crippen molar-refractivity contribution in [3.63, 3.8) is 0 Å². The highest BCUT2D eigenvalue weighted by molar-refractivity contribution is 5.04. The first kappa shape index (κ1) is 20.3. The van der Waals surface area contributed by atoms with E-state index in [1.54, 1.807) is 7.11 Å². The van der Waals surface area contributed by atoms with Gasteiger partial charge >= 0.3 is 0 Å². The predicted molar refractivity (Wildman–Crippen MR) is 84.3 cm³/mol. The van der Waals surface area contributed by atoms with Crippen molar-refractivity contribution in [2.45, 2.75) is 58.0 Å². The average Bonchev–Trinajstić information content (AvgIpc) is 2.44. The lowest BCUT2D eigenvalue weighted by molar-refractivity contribution is 0.0384. The molecule has 0 saturated heterocycles. The molecule has 0 aromatic heterocycles. The molecule has 0 heterocycles. The first-order valence-corrected chi connectivity index (χ1v) is 7.87. The van der Waals surface area contributed by atoms with Crippen LogP contribution >= 0.6 is 0 Å². The lowest BCUT2D eigenvalue weighted by atomic mass is 9.96. The second-order valence-electron chi connectivity index (χ2n) is 5.77. The summed E-state index contributed by atoms with van der Waals surface area (Å²) < 4.78 is 15.8. The Labute approximate surface area is 129 Å². The van der Waals surface area contributed by atoms with E-state index in [4.69, 9.17) is 14.2 Å². The van der Waals surface area contributed by atoms with Gasteiger partial charge in [0.25, 0.3) is 0 Å². The lowest BCUT2D eigenvalue weighted by Gasteiger charge is -2.25. The summed E-state index contributed by atoms with van der Waals surface area (Å²) in [4.78, 5) is 0. The summed E-state index contributed by atoms with van der Waals surface area (Å²) in [6, 6.07) is 2.68. The molecule has 1 N–H and O–H groups in total. The first-order valence-electron chi connectivity index (χ1n) is 7.87. The van der Waals surface area contributed by atoms with E-state index in [1.807, 2.05) is 6.92 Å². The van der Waals surface area contributed by atoms with Gasteiger partial charge in [-0.3, -0.25) is 5.32 Å². The number of methoxy groups -OCH3 is 1. The third kappa shape index (κ3) is 12.8. The zero-order valence-corrected chi connectivity index (χ0v) is 14.1. The molecule has 5 nitrogen and oxygen atoms in total. The van der Waals surface area contributed by atoms with E-state index in [9.17, 15) is 5.26 Å². The van der Waals surface area contributed by atoms with Crippen molar-refractivity contribution < 1.29 is 14.2 Å². The average molecular weight is 300 g/mol. The molecule has 5 heteroatoms. The van der Waals surface area contributed by atoms with Crippen LogP contribution in [0, 0.1) is 11.3 Å². The molecule has 0 rings (SSSR count). The Morgan fingerprint density at radius 2 is 1.62 bits per heavy atom. The standard InChI is InChI=1S/C16H32N2O3/c1-15(2)18-16(3,14-17)8-5-6-10-20-12-13-21-11-7-9-19-4/h15,18H,5-13H2,1-4H3. The molecule has 1 atom stereocenters. The molecule has 124 valence electrons. The summed E-state index contributed by atoms with van der Waals surface area (Å²) in [5.41, 5.74) is -0.432. The molecule has 0 aliphatic carbocycles. The molecule has 0 aliphatic heterocycles. The SMILES string of the molecule is COCCCOCCOCCCCC(C)(C#N)NC(C)C. The molecule has 0 radical (unpaired) electrons. The fraction of sp³-hybridized carbons (Fsp3) is 0.938. The van der Waals surface area contributed by atoms with Crippen LogP contribution in [0.3, 0.4) is 0 Å². The monoisotopic (exact) mass is 300 g/mol. The number of ether oxygens (including phenoxy) is 3. The second kappa shape index (κ2) is 13.0. The minimum atomic E-state index is -0.432. The van der Waals surface area contributed by atoms with E-state index in [0.29, 0.717) is 19.3 Å². The van der Waals surface area contributed by atoms with Gasteiger partial charge in [0.05, 0.1) is 19.3 Å². The summed E-state index contributed by atoms with van der Waals surface area (Å²) in [7, 11) is 1.69. The van der Waals surface area contributed by atoms with Crippen molar-refractivity contribution >= 4 is 0 Å². The molecule has 0 saturated carbocycles. The maximum Gasteiger partial charge on any atom is 0.104 e. The van der Waals surface area contributed by atoms with Gasteiger partial charge in [0.2, 0.25) is 0 Å². The van der Waals surface area contributed by atoms with Gasteiger partial charge in [-0.05, 0) is 46.5 Å². The van der Waals surface area contributed by atoms with Crippen molar-refractivity contribution in [1.82, 2.24) is 5.32 Å². The van der Waals surface area contributed by atoms with Crippen molar-refractivity contribution in [2.75, 3.05) is 40.1 Å². The number of unbranched alkanes of at least 4 members (excludes halogenated alkanes) is 1. The zero-order valence-electron chi connectivity index (χ0n) is 14.1. The number of nitriles is 1. The van der Waals surface area contributed by atoms with Crippen molar-refractivity contribution in [2.24, 2.45) is 0 Å². The highest BCUT2D eigenvalue weighted by atomic mass is 16.5. The van der Waals surface area contributed by atoms with Crippen molar-refractivity contribution in [3.05, 3.63) is 0 Å². The first-order chi connectivity index (χ1) is 10.0. The van der Waals surface area contributed by atoms with Crippen LogP contribution in [0.15, 0.2) is 0 Å². The Morgan fingerprint density at radius 1 is 1.00 bits per heavy atom. The fourth-order valence-corrected chi connectivity index (χ4v) is 2.11. The number of hydrogen-bond acceptors (Lipinski definition) is 5. The summed E-state index contributed by atoms with van der Waals surface area (Å²) in [5.74, 6) is 0. The zero-order chi connectivity index (χ0) is 16.0. The van der Waals surface area contributed by atoms with Gasteiger partial charge in [-0.2, -0.15) is 5.26 Å². The summed E-state index contributed by atoms with van der Waals surface area (Å²) in [6.07, 6.45) is 3.73. The molecule has 0 spiro atoms. The number of nitrogens with one attached hydrogen (secondary N) is 1. The van der Waals surface area contributed by atoms with Crippen LogP contribution in [0.25, 0.3) is 0 Å². The summed E-state index contributed by atoms with van der Waals surface area (Å²) in [6.45, 7) is 9.53. The highest BCUT2D eigenvalue weighted by Crippen LogP contribution is 2.13. The molecule has 0 aliphatic rings. The Balaban J connectivity index is 3.41. The van der Waals surface area contributed by atoms with Gasteiger partial charge in [0.1, 0.15) is 5.54 Å².